The molecule has 3 heteroatoms. The molecule has 1 aliphatic rings. The maximum Gasteiger partial charge on any atom is 0.0473 e. The van der Waals surface area contributed by atoms with Gasteiger partial charge < -0.3 is 9.88 Å². The van der Waals surface area contributed by atoms with Crippen LogP contribution in [0.15, 0.2) is 60.8 Å². The number of benzene rings is 2. The molecule has 0 radical (unpaired) electrons. The molecule has 0 saturated carbocycles. The zero-order valence-electron chi connectivity index (χ0n) is 13.6. The molecule has 2 nitrogen and oxygen atoms in total. The Kier molecular flexibility index (Phi) is 4.42. The summed E-state index contributed by atoms with van der Waals surface area (Å²) in [5.41, 5.74) is 6.84. The van der Waals surface area contributed by atoms with E-state index in [1.54, 1.807) is 0 Å². The van der Waals surface area contributed by atoms with E-state index < -0.39 is 0 Å². The molecule has 0 spiro atoms. The molecular weight excluding hydrogens is 316 g/mol. The largest absolute Gasteiger partial charge is 0.345 e. The van der Waals surface area contributed by atoms with Gasteiger partial charge in [0, 0.05) is 35.6 Å². The minimum atomic E-state index is 0.787. The molecule has 3 aromatic rings. The number of nitrogens with one attached hydrogen (secondary N) is 1. The third-order valence-corrected chi connectivity index (χ3v) is 4.98. The Balaban J connectivity index is 1.78. The molecule has 0 amide bonds. The SMILES string of the molecule is Clc1ccc(-c2cn(Cc3ccccc3)c3c2CCCNC3)cc1. The van der Waals surface area contributed by atoms with Crippen LogP contribution in [0.1, 0.15) is 23.2 Å². The average molecular weight is 337 g/mol. The molecule has 4 rings (SSSR count). The summed E-state index contributed by atoms with van der Waals surface area (Å²) in [5.74, 6) is 0. The number of aromatic nitrogens is 1. The summed E-state index contributed by atoms with van der Waals surface area (Å²) in [5, 5.41) is 4.35. The highest BCUT2D eigenvalue weighted by molar-refractivity contribution is 6.30. The van der Waals surface area contributed by atoms with Gasteiger partial charge in [-0.25, -0.2) is 0 Å². The zero-order valence-corrected chi connectivity index (χ0v) is 14.4. The summed E-state index contributed by atoms with van der Waals surface area (Å²) in [6.45, 7) is 2.94. The summed E-state index contributed by atoms with van der Waals surface area (Å²) >= 11 is 6.07. The van der Waals surface area contributed by atoms with E-state index in [4.69, 9.17) is 11.6 Å². The number of hydrogen-bond donors (Lipinski definition) is 1. The Morgan fingerprint density at radius 3 is 2.58 bits per heavy atom. The number of halogens is 1. The Morgan fingerprint density at radius 1 is 1.00 bits per heavy atom. The van der Waals surface area contributed by atoms with Crippen LogP contribution in [0.25, 0.3) is 11.1 Å². The predicted octanol–water partition coefficient (Wildman–Crippen LogP) is 4.89. The van der Waals surface area contributed by atoms with Gasteiger partial charge in [-0.15, -0.1) is 0 Å². The average Bonchev–Trinajstić information content (AvgIpc) is 2.79. The van der Waals surface area contributed by atoms with E-state index in [2.05, 4.69) is 58.5 Å². The summed E-state index contributed by atoms with van der Waals surface area (Å²) in [6.07, 6.45) is 4.62. The maximum absolute atomic E-state index is 6.07. The lowest BCUT2D eigenvalue weighted by Crippen LogP contribution is -2.15. The highest BCUT2D eigenvalue weighted by Crippen LogP contribution is 2.32. The molecule has 2 aromatic carbocycles. The fourth-order valence-corrected chi connectivity index (χ4v) is 3.65. The molecular formula is C21H21ClN2. The van der Waals surface area contributed by atoms with Gasteiger partial charge >= 0.3 is 0 Å². The Bertz CT molecular complexity index is 819. The molecule has 2 heterocycles. The van der Waals surface area contributed by atoms with Crippen LogP contribution < -0.4 is 5.32 Å². The van der Waals surface area contributed by atoms with Crippen LogP contribution in [0, 0.1) is 0 Å². The molecule has 0 bridgehead atoms. The minimum absolute atomic E-state index is 0.787. The molecule has 1 N–H and O–H groups in total. The maximum atomic E-state index is 6.07. The van der Waals surface area contributed by atoms with Gasteiger partial charge in [-0.2, -0.15) is 0 Å². The van der Waals surface area contributed by atoms with E-state index in [1.807, 2.05) is 12.1 Å². The third kappa shape index (κ3) is 3.12. The molecule has 0 saturated heterocycles. The third-order valence-electron chi connectivity index (χ3n) is 4.73. The Morgan fingerprint density at radius 2 is 1.79 bits per heavy atom. The van der Waals surface area contributed by atoms with Gasteiger partial charge in [-0.3, -0.25) is 0 Å². The molecule has 0 atom stereocenters. The van der Waals surface area contributed by atoms with Crippen molar-refractivity contribution in [3.8, 4) is 11.1 Å². The van der Waals surface area contributed by atoms with Gasteiger partial charge in [0.2, 0.25) is 0 Å². The summed E-state index contributed by atoms with van der Waals surface area (Å²) in [7, 11) is 0. The first kappa shape index (κ1) is 15.5. The second-order valence-corrected chi connectivity index (χ2v) is 6.81. The van der Waals surface area contributed by atoms with Gasteiger partial charge in [0.25, 0.3) is 0 Å². The van der Waals surface area contributed by atoms with Crippen LogP contribution >= 0.6 is 11.6 Å². The van der Waals surface area contributed by atoms with Crippen molar-refractivity contribution in [2.24, 2.45) is 0 Å². The van der Waals surface area contributed by atoms with Crippen LogP contribution in [-0.2, 0) is 19.5 Å². The number of nitrogens with zero attached hydrogens (tertiary/aromatic N) is 1. The lowest BCUT2D eigenvalue weighted by Gasteiger charge is -2.10. The number of hydrogen-bond acceptors (Lipinski definition) is 1. The van der Waals surface area contributed by atoms with Crippen molar-refractivity contribution in [2.45, 2.75) is 25.9 Å². The van der Waals surface area contributed by atoms with Crippen LogP contribution in [0.4, 0.5) is 0 Å². The van der Waals surface area contributed by atoms with Gasteiger partial charge in [-0.05, 0) is 48.2 Å². The fourth-order valence-electron chi connectivity index (χ4n) is 3.52. The molecule has 0 unspecified atom stereocenters. The molecule has 1 aliphatic heterocycles. The normalized spacial score (nSPS) is 14.2. The van der Waals surface area contributed by atoms with E-state index in [1.165, 1.54) is 34.4 Å². The summed E-state index contributed by atoms with van der Waals surface area (Å²) < 4.78 is 2.41. The lowest BCUT2D eigenvalue weighted by molar-refractivity contribution is 0.643. The van der Waals surface area contributed by atoms with Crippen molar-refractivity contribution in [1.82, 2.24) is 9.88 Å². The highest BCUT2D eigenvalue weighted by atomic mass is 35.5. The van der Waals surface area contributed by atoms with Gasteiger partial charge in [0.1, 0.15) is 0 Å². The van der Waals surface area contributed by atoms with E-state index in [0.717, 1.165) is 31.1 Å². The lowest BCUT2D eigenvalue weighted by atomic mass is 10.00. The highest BCUT2D eigenvalue weighted by Gasteiger charge is 2.18. The number of rotatable bonds is 3. The van der Waals surface area contributed by atoms with Gasteiger partial charge in [0.15, 0.2) is 0 Å². The fraction of sp³-hybridized carbons (Fsp3) is 0.238. The first-order chi connectivity index (χ1) is 11.8. The summed E-state index contributed by atoms with van der Waals surface area (Å²) in [4.78, 5) is 0. The minimum Gasteiger partial charge on any atom is -0.345 e. The Hall–Kier alpha value is -2.03. The molecule has 122 valence electrons. The van der Waals surface area contributed by atoms with Crippen molar-refractivity contribution in [2.75, 3.05) is 6.54 Å². The van der Waals surface area contributed by atoms with E-state index in [0.29, 0.717) is 0 Å². The molecule has 24 heavy (non-hydrogen) atoms. The first-order valence-electron chi connectivity index (χ1n) is 8.53. The van der Waals surface area contributed by atoms with Gasteiger partial charge in [-0.1, -0.05) is 54.1 Å². The van der Waals surface area contributed by atoms with E-state index in [-0.39, 0.29) is 0 Å². The second kappa shape index (κ2) is 6.84. The summed E-state index contributed by atoms with van der Waals surface area (Å²) in [6, 6.07) is 18.9. The quantitative estimate of drug-likeness (QED) is 0.720. The molecule has 0 fully saturated rings. The van der Waals surface area contributed by atoms with Crippen molar-refractivity contribution >= 4 is 11.6 Å². The van der Waals surface area contributed by atoms with Crippen molar-refractivity contribution in [3.05, 3.63) is 82.6 Å². The topological polar surface area (TPSA) is 17.0 Å². The van der Waals surface area contributed by atoms with Crippen LogP contribution in [0.3, 0.4) is 0 Å². The van der Waals surface area contributed by atoms with Crippen LogP contribution in [0.2, 0.25) is 5.02 Å². The first-order valence-corrected chi connectivity index (χ1v) is 8.90. The van der Waals surface area contributed by atoms with Crippen molar-refractivity contribution < 1.29 is 0 Å². The van der Waals surface area contributed by atoms with Crippen LogP contribution in [0.5, 0.6) is 0 Å². The zero-order chi connectivity index (χ0) is 16.4. The van der Waals surface area contributed by atoms with Crippen molar-refractivity contribution in [3.63, 3.8) is 0 Å². The second-order valence-electron chi connectivity index (χ2n) is 6.37. The number of fused-ring (bicyclic) bond motifs is 1. The molecule has 0 aliphatic carbocycles. The van der Waals surface area contributed by atoms with E-state index >= 15 is 0 Å². The Labute approximate surface area is 148 Å². The predicted molar refractivity (Wildman–Crippen MR) is 100 cm³/mol. The standard InChI is InChI=1S/C21H21ClN2/c22-18-10-8-17(9-11-18)20-15-24(14-16-5-2-1-3-6-16)21-13-23-12-4-7-19(20)21/h1-3,5-6,8-11,15,23H,4,7,12-14H2. The van der Waals surface area contributed by atoms with E-state index in [9.17, 15) is 0 Å². The molecule has 1 aromatic heterocycles. The smallest absolute Gasteiger partial charge is 0.0473 e. The van der Waals surface area contributed by atoms with Crippen molar-refractivity contribution in [1.29, 1.82) is 0 Å². The monoisotopic (exact) mass is 336 g/mol. The van der Waals surface area contributed by atoms with Crippen LogP contribution in [-0.4, -0.2) is 11.1 Å². The van der Waals surface area contributed by atoms with Gasteiger partial charge in [0.05, 0.1) is 0 Å².